The Hall–Kier alpha value is -2.08. The van der Waals surface area contributed by atoms with E-state index in [4.69, 9.17) is 4.74 Å². The van der Waals surface area contributed by atoms with E-state index in [1.54, 1.807) is 12.1 Å². The Morgan fingerprint density at radius 3 is 2.52 bits per heavy atom. The normalized spacial score (nSPS) is 15.3. The van der Waals surface area contributed by atoms with Crippen molar-refractivity contribution >= 4 is 17.6 Å². The summed E-state index contributed by atoms with van der Waals surface area (Å²) in [5.74, 6) is -0.223. The molecule has 0 unspecified atom stereocenters. The second-order valence-corrected chi connectivity index (χ2v) is 5.53. The van der Waals surface area contributed by atoms with Crippen LogP contribution in [-0.4, -0.2) is 68.1 Å². The lowest BCUT2D eigenvalue weighted by Gasteiger charge is -2.34. The molecular formula is C17H25N3O3. The van der Waals surface area contributed by atoms with Gasteiger partial charge in [0.05, 0.1) is 12.7 Å². The number of para-hydroxylation sites is 1. The molecule has 0 atom stereocenters. The molecule has 1 aliphatic rings. The highest BCUT2D eigenvalue weighted by molar-refractivity contribution is 5.95. The molecule has 1 fully saturated rings. The van der Waals surface area contributed by atoms with Gasteiger partial charge in [-0.1, -0.05) is 19.1 Å². The molecule has 0 bridgehead atoms. The monoisotopic (exact) mass is 319 g/mol. The van der Waals surface area contributed by atoms with Crippen LogP contribution >= 0.6 is 0 Å². The smallest absolute Gasteiger partial charge is 0.339 e. The third-order valence-corrected chi connectivity index (χ3v) is 4.16. The highest BCUT2D eigenvalue weighted by atomic mass is 16.5. The van der Waals surface area contributed by atoms with Gasteiger partial charge in [0.1, 0.15) is 0 Å². The van der Waals surface area contributed by atoms with Crippen molar-refractivity contribution in [3.8, 4) is 0 Å². The van der Waals surface area contributed by atoms with Crippen molar-refractivity contribution in [2.45, 2.75) is 13.3 Å². The predicted octanol–water partition coefficient (Wildman–Crippen LogP) is 1.44. The third kappa shape index (κ3) is 4.69. The van der Waals surface area contributed by atoms with E-state index in [2.05, 4.69) is 17.1 Å². The number of hydrogen-bond donors (Lipinski definition) is 1. The van der Waals surface area contributed by atoms with Gasteiger partial charge in [-0.05, 0) is 18.7 Å². The van der Waals surface area contributed by atoms with Crippen LogP contribution in [0.3, 0.4) is 0 Å². The van der Waals surface area contributed by atoms with E-state index in [0.717, 1.165) is 32.7 Å². The van der Waals surface area contributed by atoms with E-state index in [9.17, 15) is 9.59 Å². The molecule has 0 spiro atoms. The molecule has 0 saturated carbocycles. The number of hydrogen-bond acceptors (Lipinski definition) is 5. The van der Waals surface area contributed by atoms with Gasteiger partial charge in [0.15, 0.2) is 0 Å². The summed E-state index contributed by atoms with van der Waals surface area (Å²) in [5, 5.41) is 3.16. The number of nitrogens with one attached hydrogen (secondary N) is 1. The van der Waals surface area contributed by atoms with Gasteiger partial charge in [-0.25, -0.2) is 4.79 Å². The largest absolute Gasteiger partial charge is 0.465 e. The van der Waals surface area contributed by atoms with E-state index in [1.807, 2.05) is 17.0 Å². The molecule has 6 nitrogen and oxygen atoms in total. The molecule has 1 aromatic rings. The van der Waals surface area contributed by atoms with E-state index in [1.165, 1.54) is 7.11 Å². The van der Waals surface area contributed by atoms with E-state index >= 15 is 0 Å². The maximum Gasteiger partial charge on any atom is 0.339 e. The molecule has 1 N–H and O–H groups in total. The minimum absolute atomic E-state index is 0.156. The number of methoxy groups -OCH3 is 1. The summed E-state index contributed by atoms with van der Waals surface area (Å²) in [7, 11) is 1.36. The zero-order valence-electron chi connectivity index (χ0n) is 13.9. The second kappa shape index (κ2) is 8.53. The number of nitrogens with zero attached hydrogens (tertiary/aromatic N) is 2. The first-order chi connectivity index (χ1) is 11.2. The summed E-state index contributed by atoms with van der Waals surface area (Å²) >= 11 is 0. The van der Waals surface area contributed by atoms with Crippen LogP contribution in [-0.2, 0) is 9.53 Å². The Labute approximate surface area is 137 Å². The number of likely N-dealkylation sites (N-methyl/N-ethyl adjacent to an activating group) is 1. The quantitative estimate of drug-likeness (QED) is 0.804. The van der Waals surface area contributed by atoms with Crippen molar-refractivity contribution in [3.63, 3.8) is 0 Å². The summed E-state index contributed by atoms with van der Waals surface area (Å²) in [4.78, 5) is 28.2. The number of rotatable bonds is 6. The van der Waals surface area contributed by atoms with Crippen LogP contribution in [0.5, 0.6) is 0 Å². The number of ether oxygens (including phenoxy) is 1. The van der Waals surface area contributed by atoms with Gasteiger partial charge in [-0.2, -0.15) is 0 Å². The van der Waals surface area contributed by atoms with Crippen molar-refractivity contribution < 1.29 is 14.3 Å². The predicted molar refractivity (Wildman–Crippen MR) is 89.6 cm³/mol. The molecule has 1 amide bonds. The fourth-order valence-electron chi connectivity index (χ4n) is 2.70. The molecule has 0 aromatic heterocycles. The topological polar surface area (TPSA) is 61.9 Å². The van der Waals surface area contributed by atoms with Gasteiger partial charge >= 0.3 is 5.97 Å². The van der Waals surface area contributed by atoms with Crippen LogP contribution in [0.1, 0.15) is 23.7 Å². The Balaban J connectivity index is 1.81. The molecule has 1 aromatic carbocycles. The lowest BCUT2D eigenvalue weighted by Crippen LogP contribution is -2.48. The Morgan fingerprint density at radius 1 is 1.17 bits per heavy atom. The number of amides is 1. The number of piperazine rings is 1. The average molecular weight is 319 g/mol. The maximum atomic E-state index is 12.2. The van der Waals surface area contributed by atoms with Crippen LogP contribution in [0.4, 0.5) is 5.69 Å². The summed E-state index contributed by atoms with van der Waals surface area (Å²) in [6.07, 6.45) is 0.418. The third-order valence-electron chi connectivity index (χ3n) is 4.16. The van der Waals surface area contributed by atoms with Crippen LogP contribution in [0.15, 0.2) is 24.3 Å². The summed E-state index contributed by atoms with van der Waals surface area (Å²) in [5.41, 5.74) is 1.18. The molecule has 1 saturated heterocycles. The summed E-state index contributed by atoms with van der Waals surface area (Å²) in [6.45, 7) is 7.16. The minimum atomic E-state index is -0.380. The fourth-order valence-corrected chi connectivity index (χ4v) is 2.70. The van der Waals surface area contributed by atoms with Crippen molar-refractivity contribution in [1.82, 2.24) is 9.80 Å². The van der Waals surface area contributed by atoms with Crippen molar-refractivity contribution in [1.29, 1.82) is 0 Å². The van der Waals surface area contributed by atoms with Crippen molar-refractivity contribution in [3.05, 3.63) is 29.8 Å². The van der Waals surface area contributed by atoms with Gasteiger partial charge in [0.25, 0.3) is 0 Å². The lowest BCUT2D eigenvalue weighted by atomic mass is 10.1. The van der Waals surface area contributed by atoms with Crippen LogP contribution in [0.25, 0.3) is 0 Å². The highest BCUT2D eigenvalue weighted by Gasteiger charge is 2.19. The SMILES string of the molecule is CCN1CCN(C(=O)CCNc2ccccc2C(=O)OC)CC1. The number of carbonyl (C=O) groups is 2. The van der Waals surface area contributed by atoms with Gasteiger partial charge in [0.2, 0.25) is 5.91 Å². The molecular weight excluding hydrogens is 294 g/mol. The molecule has 2 rings (SSSR count). The molecule has 126 valence electrons. The van der Waals surface area contributed by atoms with Crippen molar-refractivity contribution in [2.75, 3.05) is 51.7 Å². The lowest BCUT2D eigenvalue weighted by molar-refractivity contribution is -0.132. The Bertz CT molecular complexity index is 540. The number of benzene rings is 1. The van der Waals surface area contributed by atoms with Crippen LogP contribution < -0.4 is 5.32 Å². The zero-order chi connectivity index (χ0) is 16.7. The Kier molecular flexibility index (Phi) is 6.40. The minimum Gasteiger partial charge on any atom is -0.465 e. The van der Waals surface area contributed by atoms with Gasteiger partial charge in [-0.15, -0.1) is 0 Å². The molecule has 0 radical (unpaired) electrons. The van der Waals surface area contributed by atoms with Crippen LogP contribution in [0.2, 0.25) is 0 Å². The average Bonchev–Trinajstić information content (AvgIpc) is 2.61. The first kappa shape index (κ1) is 17.3. The van der Waals surface area contributed by atoms with Crippen molar-refractivity contribution in [2.24, 2.45) is 0 Å². The maximum absolute atomic E-state index is 12.2. The highest BCUT2D eigenvalue weighted by Crippen LogP contribution is 2.16. The van der Waals surface area contributed by atoms with E-state index in [-0.39, 0.29) is 11.9 Å². The molecule has 1 aliphatic heterocycles. The van der Waals surface area contributed by atoms with E-state index < -0.39 is 0 Å². The number of anilines is 1. The molecule has 23 heavy (non-hydrogen) atoms. The number of carbonyl (C=O) groups excluding carboxylic acids is 2. The molecule has 6 heteroatoms. The summed E-state index contributed by atoms with van der Waals surface area (Å²) in [6, 6.07) is 7.16. The summed E-state index contributed by atoms with van der Waals surface area (Å²) < 4.78 is 4.76. The molecule has 1 heterocycles. The zero-order valence-corrected chi connectivity index (χ0v) is 13.9. The number of esters is 1. The fraction of sp³-hybridized carbons (Fsp3) is 0.529. The van der Waals surface area contributed by atoms with Gasteiger partial charge < -0.3 is 19.9 Å². The second-order valence-electron chi connectivity index (χ2n) is 5.53. The first-order valence-electron chi connectivity index (χ1n) is 8.07. The van der Waals surface area contributed by atoms with E-state index in [0.29, 0.717) is 24.2 Å². The first-order valence-corrected chi connectivity index (χ1v) is 8.07. The molecule has 0 aliphatic carbocycles. The standard InChI is InChI=1S/C17H25N3O3/c1-3-19-10-12-20(13-11-19)16(21)8-9-18-15-7-5-4-6-14(15)17(22)23-2/h4-7,18H,3,8-13H2,1-2H3. The van der Waals surface area contributed by atoms with Crippen LogP contribution in [0, 0.1) is 0 Å². The van der Waals surface area contributed by atoms with Gasteiger partial charge in [-0.3, -0.25) is 4.79 Å². The van der Waals surface area contributed by atoms with Gasteiger partial charge in [0, 0.05) is 44.8 Å². The Morgan fingerprint density at radius 2 is 1.87 bits per heavy atom.